The van der Waals surface area contributed by atoms with E-state index in [2.05, 4.69) is 4.74 Å². The van der Waals surface area contributed by atoms with Crippen molar-refractivity contribution < 1.29 is 18.7 Å². The Bertz CT molecular complexity index is 179. The molecule has 11 heavy (non-hydrogen) atoms. The Morgan fingerprint density at radius 3 is 2.82 bits per heavy atom. The summed E-state index contributed by atoms with van der Waals surface area (Å²) in [4.78, 5) is 21.1. The van der Waals surface area contributed by atoms with Gasteiger partial charge >= 0.3 is 11.9 Å². The molecule has 0 spiro atoms. The number of alkyl halides is 1. The number of halogens is 1. The Hall–Kier alpha value is -0.930. The number of hydrogen-bond acceptors (Lipinski definition) is 3. The van der Waals surface area contributed by atoms with Crippen LogP contribution in [0.4, 0.5) is 4.39 Å². The SMILES string of the molecule is O=C1CCCCC(F)C(=O)O1. The van der Waals surface area contributed by atoms with Gasteiger partial charge in [-0.15, -0.1) is 0 Å². The molecule has 62 valence electrons. The van der Waals surface area contributed by atoms with Gasteiger partial charge in [0, 0.05) is 6.42 Å². The van der Waals surface area contributed by atoms with Crippen LogP contribution in [-0.2, 0) is 14.3 Å². The van der Waals surface area contributed by atoms with E-state index in [1.165, 1.54) is 0 Å². The highest BCUT2D eigenvalue weighted by atomic mass is 19.1. The van der Waals surface area contributed by atoms with E-state index in [9.17, 15) is 14.0 Å². The molecule has 1 saturated heterocycles. The van der Waals surface area contributed by atoms with Gasteiger partial charge in [-0.2, -0.15) is 0 Å². The molecule has 1 aliphatic heterocycles. The largest absolute Gasteiger partial charge is 0.391 e. The molecule has 1 heterocycles. The zero-order chi connectivity index (χ0) is 8.27. The average Bonchev–Trinajstić information content (AvgIpc) is 1.95. The molecule has 4 heteroatoms. The van der Waals surface area contributed by atoms with E-state index in [-0.39, 0.29) is 12.8 Å². The zero-order valence-electron chi connectivity index (χ0n) is 6.01. The van der Waals surface area contributed by atoms with Crippen molar-refractivity contribution in [2.45, 2.75) is 31.9 Å². The molecule has 0 N–H and O–H groups in total. The van der Waals surface area contributed by atoms with Gasteiger partial charge < -0.3 is 4.74 Å². The molecule has 0 aromatic carbocycles. The Labute approximate surface area is 63.5 Å². The van der Waals surface area contributed by atoms with Gasteiger partial charge in [0.2, 0.25) is 0 Å². The molecular weight excluding hydrogens is 151 g/mol. The quantitative estimate of drug-likeness (QED) is 0.391. The lowest BCUT2D eigenvalue weighted by molar-refractivity contribution is -0.164. The predicted molar refractivity (Wildman–Crippen MR) is 34.5 cm³/mol. The van der Waals surface area contributed by atoms with E-state index < -0.39 is 18.1 Å². The van der Waals surface area contributed by atoms with Crippen LogP contribution in [0, 0.1) is 0 Å². The molecule has 1 unspecified atom stereocenters. The molecule has 3 nitrogen and oxygen atoms in total. The Balaban J connectivity index is 2.51. The van der Waals surface area contributed by atoms with E-state index in [0.29, 0.717) is 12.8 Å². The molecule has 0 aromatic heterocycles. The van der Waals surface area contributed by atoms with Gasteiger partial charge in [-0.3, -0.25) is 4.79 Å². The highest BCUT2D eigenvalue weighted by Gasteiger charge is 2.23. The summed E-state index contributed by atoms with van der Waals surface area (Å²) in [5, 5.41) is 0. The van der Waals surface area contributed by atoms with E-state index in [1.54, 1.807) is 0 Å². The first-order valence-corrected chi connectivity index (χ1v) is 3.59. The standard InChI is InChI=1S/C7H9FO3/c8-5-3-1-2-4-6(9)11-7(5)10/h5H,1-4H2. The van der Waals surface area contributed by atoms with Crippen molar-refractivity contribution in [3.8, 4) is 0 Å². The number of cyclic esters (lactones) is 2. The lowest BCUT2D eigenvalue weighted by Gasteiger charge is -2.10. The van der Waals surface area contributed by atoms with Crippen LogP contribution in [0.5, 0.6) is 0 Å². The summed E-state index contributed by atoms with van der Waals surface area (Å²) < 4.78 is 16.7. The van der Waals surface area contributed by atoms with Crippen molar-refractivity contribution in [2.24, 2.45) is 0 Å². The third kappa shape index (κ3) is 2.29. The van der Waals surface area contributed by atoms with Crippen LogP contribution < -0.4 is 0 Å². The maximum atomic E-state index is 12.6. The van der Waals surface area contributed by atoms with E-state index in [4.69, 9.17) is 0 Å². The van der Waals surface area contributed by atoms with E-state index in [1.807, 2.05) is 0 Å². The molecule has 1 aliphatic rings. The van der Waals surface area contributed by atoms with Crippen molar-refractivity contribution in [2.75, 3.05) is 0 Å². The molecular formula is C7H9FO3. The van der Waals surface area contributed by atoms with Gasteiger partial charge in [0.05, 0.1) is 0 Å². The molecule has 0 radical (unpaired) electrons. The van der Waals surface area contributed by atoms with Gasteiger partial charge in [0.25, 0.3) is 0 Å². The lowest BCUT2D eigenvalue weighted by Crippen LogP contribution is -2.24. The number of esters is 2. The first-order valence-electron chi connectivity index (χ1n) is 3.59. The van der Waals surface area contributed by atoms with Gasteiger partial charge in [0.15, 0.2) is 6.17 Å². The predicted octanol–water partition coefficient (Wildman–Crippen LogP) is 0.968. The van der Waals surface area contributed by atoms with Crippen LogP contribution >= 0.6 is 0 Å². The van der Waals surface area contributed by atoms with E-state index >= 15 is 0 Å². The first kappa shape index (κ1) is 8.17. The maximum Gasteiger partial charge on any atom is 0.348 e. The van der Waals surface area contributed by atoms with Crippen LogP contribution in [-0.4, -0.2) is 18.1 Å². The summed E-state index contributed by atoms with van der Waals surface area (Å²) in [7, 11) is 0. The highest BCUT2D eigenvalue weighted by Crippen LogP contribution is 2.12. The Morgan fingerprint density at radius 2 is 2.09 bits per heavy atom. The van der Waals surface area contributed by atoms with Crippen molar-refractivity contribution in [1.82, 2.24) is 0 Å². The van der Waals surface area contributed by atoms with Crippen molar-refractivity contribution in [3.63, 3.8) is 0 Å². The number of ether oxygens (including phenoxy) is 1. The molecule has 1 rings (SSSR count). The minimum absolute atomic E-state index is 0.173. The lowest BCUT2D eigenvalue weighted by atomic mass is 10.1. The van der Waals surface area contributed by atoms with Crippen LogP contribution in [0.3, 0.4) is 0 Å². The van der Waals surface area contributed by atoms with Crippen molar-refractivity contribution in [3.05, 3.63) is 0 Å². The van der Waals surface area contributed by atoms with Crippen LogP contribution in [0.2, 0.25) is 0 Å². The molecule has 0 saturated carbocycles. The summed E-state index contributed by atoms with van der Waals surface area (Å²) in [5.41, 5.74) is 0. The summed E-state index contributed by atoms with van der Waals surface area (Å²) in [6.07, 6.45) is -0.0432. The molecule has 1 fully saturated rings. The van der Waals surface area contributed by atoms with Crippen LogP contribution in [0.1, 0.15) is 25.7 Å². The molecule has 0 bridgehead atoms. The normalized spacial score (nSPS) is 27.2. The van der Waals surface area contributed by atoms with Crippen LogP contribution in [0.25, 0.3) is 0 Å². The number of hydrogen-bond donors (Lipinski definition) is 0. The van der Waals surface area contributed by atoms with E-state index in [0.717, 1.165) is 0 Å². The third-order valence-corrected chi connectivity index (χ3v) is 1.56. The van der Waals surface area contributed by atoms with Gasteiger partial charge in [-0.05, 0) is 19.3 Å². The smallest absolute Gasteiger partial charge is 0.348 e. The Morgan fingerprint density at radius 1 is 1.36 bits per heavy atom. The molecule has 0 amide bonds. The fourth-order valence-electron chi connectivity index (χ4n) is 0.938. The second kappa shape index (κ2) is 3.46. The molecule has 1 atom stereocenters. The minimum Gasteiger partial charge on any atom is -0.391 e. The van der Waals surface area contributed by atoms with Gasteiger partial charge in [-0.25, -0.2) is 9.18 Å². The number of rotatable bonds is 0. The van der Waals surface area contributed by atoms with Gasteiger partial charge in [-0.1, -0.05) is 0 Å². The number of carbonyl (C=O) groups excluding carboxylic acids is 2. The third-order valence-electron chi connectivity index (χ3n) is 1.56. The second-order valence-electron chi connectivity index (χ2n) is 2.51. The fourth-order valence-corrected chi connectivity index (χ4v) is 0.938. The zero-order valence-corrected chi connectivity index (χ0v) is 6.01. The van der Waals surface area contributed by atoms with Gasteiger partial charge in [0.1, 0.15) is 0 Å². The molecule has 0 aromatic rings. The Kier molecular flexibility index (Phi) is 2.57. The first-order chi connectivity index (χ1) is 5.20. The summed E-state index contributed by atoms with van der Waals surface area (Å²) in [6.45, 7) is 0. The minimum atomic E-state index is -1.61. The fraction of sp³-hybridized carbons (Fsp3) is 0.714. The van der Waals surface area contributed by atoms with Crippen molar-refractivity contribution >= 4 is 11.9 Å². The van der Waals surface area contributed by atoms with Crippen molar-refractivity contribution in [1.29, 1.82) is 0 Å². The highest BCUT2D eigenvalue weighted by molar-refractivity contribution is 5.88. The second-order valence-corrected chi connectivity index (χ2v) is 2.51. The van der Waals surface area contributed by atoms with Crippen LogP contribution in [0.15, 0.2) is 0 Å². The maximum absolute atomic E-state index is 12.6. The summed E-state index contributed by atoms with van der Waals surface area (Å²) >= 11 is 0. The monoisotopic (exact) mass is 160 g/mol. The molecule has 0 aliphatic carbocycles. The number of carbonyl (C=O) groups is 2. The average molecular weight is 160 g/mol. The summed E-state index contributed by atoms with van der Waals surface area (Å²) in [6, 6.07) is 0. The summed E-state index contributed by atoms with van der Waals surface area (Å²) in [5.74, 6) is -1.65. The topological polar surface area (TPSA) is 43.4 Å².